The summed E-state index contributed by atoms with van der Waals surface area (Å²) in [5, 5.41) is 3.17. The molecule has 0 aromatic carbocycles. The number of pyridine rings is 1. The fourth-order valence-electron chi connectivity index (χ4n) is 3.18. The van der Waals surface area contributed by atoms with Crippen LogP contribution in [-0.4, -0.2) is 55.1 Å². The molecule has 1 saturated carbocycles. The van der Waals surface area contributed by atoms with Crippen LogP contribution in [-0.2, 0) is 0 Å². The number of nitrogens with one attached hydrogen (secondary N) is 1. The maximum Gasteiger partial charge on any atom is 0.255 e. The van der Waals surface area contributed by atoms with Gasteiger partial charge in [-0.3, -0.25) is 4.79 Å². The molecule has 0 radical (unpaired) electrons. The zero-order valence-electron chi connectivity index (χ0n) is 12.7. The highest BCUT2D eigenvalue weighted by molar-refractivity contribution is 5.99. The molecule has 0 unspecified atom stereocenters. The highest BCUT2D eigenvalue weighted by Crippen LogP contribution is 2.21. The van der Waals surface area contributed by atoms with Gasteiger partial charge in [-0.15, -0.1) is 0 Å². The zero-order chi connectivity index (χ0) is 14.7. The highest BCUT2D eigenvalue weighted by atomic mass is 16.1. The third-order valence-corrected chi connectivity index (χ3v) is 4.52. The monoisotopic (exact) mass is 288 g/mol. The second-order valence-electron chi connectivity index (χ2n) is 6.12. The fourth-order valence-corrected chi connectivity index (χ4v) is 3.18. The Hall–Kier alpha value is -1.62. The first-order valence-corrected chi connectivity index (χ1v) is 7.93. The van der Waals surface area contributed by atoms with Crippen LogP contribution >= 0.6 is 0 Å². The Bertz CT molecular complexity index is 491. The molecule has 2 fully saturated rings. The summed E-state index contributed by atoms with van der Waals surface area (Å²) in [6, 6.07) is 4.09. The van der Waals surface area contributed by atoms with Gasteiger partial charge in [-0.2, -0.15) is 0 Å². The van der Waals surface area contributed by atoms with Crippen molar-refractivity contribution in [3.05, 3.63) is 23.9 Å². The number of amides is 1. The van der Waals surface area contributed by atoms with Crippen LogP contribution in [0.4, 0.5) is 5.82 Å². The summed E-state index contributed by atoms with van der Waals surface area (Å²) in [6.45, 7) is 3.88. The number of hydrogen-bond donors (Lipinski definition) is 1. The molecule has 2 aliphatic rings. The number of carbonyl (C=O) groups excluding carboxylic acids is 1. The maximum absolute atomic E-state index is 12.5. The van der Waals surface area contributed by atoms with Gasteiger partial charge in [-0.1, -0.05) is 12.8 Å². The predicted octanol–water partition coefficient (Wildman–Crippen LogP) is 1.51. The number of anilines is 1. The molecule has 5 heteroatoms. The van der Waals surface area contributed by atoms with Crippen molar-refractivity contribution in [2.45, 2.75) is 31.7 Å². The van der Waals surface area contributed by atoms with Gasteiger partial charge in [0.05, 0.1) is 5.56 Å². The van der Waals surface area contributed by atoms with E-state index in [1.54, 1.807) is 6.20 Å². The van der Waals surface area contributed by atoms with Gasteiger partial charge in [0.15, 0.2) is 0 Å². The van der Waals surface area contributed by atoms with E-state index in [1.165, 1.54) is 12.8 Å². The Morgan fingerprint density at radius 2 is 1.95 bits per heavy atom. The van der Waals surface area contributed by atoms with Crippen LogP contribution in [0.25, 0.3) is 0 Å². The molecule has 21 heavy (non-hydrogen) atoms. The molecular formula is C16H24N4O. The van der Waals surface area contributed by atoms with Gasteiger partial charge in [0.2, 0.25) is 0 Å². The lowest BCUT2D eigenvalue weighted by atomic mass is 10.1. The minimum atomic E-state index is 0.0314. The van der Waals surface area contributed by atoms with E-state index >= 15 is 0 Å². The summed E-state index contributed by atoms with van der Waals surface area (Å²) in [4.78, 5) is 21.5. The molecule has 2 heterocycles. The first-order valence-electron chi connectivity index (χ1n) is 7.93. The number of rotatable bonds is 3. The van der Waals surface area contributed by atoms with Crippen molar-refractivity contribution in [3.8, 4) is 0 Å². The summed E-state index contributed by atoms with van der Waals surface area (Å²) in [5.74, 6) is 0.866. The summed E-state index contributed by atoms with van der Waals surface area (Å²) in [6.07, 6.45) is 6.44. The molecule has 1 aliphatic heterocycles. The SMILES string of the molecule is CN1CCN(c2ncccc2C(=O)NC2CCCC2)CC1. The Labute approximate surface area is 126 Å². The van der Waals surface area contributed by atoms with Crippen LogP contribution in [0.2, 0.25) is 0 Å². The van der Waals surface area contributed by atoms with Crippen LogP contribution in [0.1, 0.15) is 36.0 Å². The van der Waals surface area contributed by atoms with Crippen molar-refractivity contribution in [1.29, 1.82) is 0 Å². The van der Waals surface area contributed by atoms with E-state index in [-0.39, 0.29) is 5.91 Å². The number of nitrogens with zero attached hydrogens (tertiary/aromatic N) is 3. The lowest BCUT2D eigenvalue weighted by molar-refractivity contribution is 0.0938. The molecule has 1 aliphatic carbocycles. The number of piperazine rings is 1. The van der Waals surface area contributed by atoms with Crippen molar-refractivity contribution >= 4 is 11.7 Å². The third-order valence-electron chi connectivity index (χ3n) is 4.52. The Kier molecular flexibility index (Phi) is 4.39. The van der Waals surface area contributed by atoms with Crippen LogP contribution < -0.4 is 10.2 Å². The fraction of sp³-hybridized carbons (Fsp3) is 0.625. The summed E-state index contributed by atoms with van der Waals surface area (Å²) >= 11 is 0. The maximum atomic E-state index is 12.5. The van der Waals surface area contributed by atoms with E-state index in [2.05, 4.69) is 27.1 Å². The van der Waals surface area contributed by atoms with Gasteiger partial charge in [-0.05, 0) is 32.0 Å². The van der Waals surface area contributed by atoms with Gasteiger partial charge in [-0.25, -0.2) is 4.98 Å². The molecule has 1 N–H and O–H groups in total. The molecule has 3 rings (SSSR count). The second kappa shape index (κ2) is 6.43. The lowest BCUT2D eigenvalue weighted by Gasteiger charge is -2.34. The van der Waals surface area contributed by atoms with Gasteiger partial charge >= 0.3 is 0 Å². The molecule has 1 amide bonds. The molecule has 0 bridgehead atoms. The number of likely N-dealkylation sites (N-methyl/N-ethyl adjacent to an activating group) is 1. The van der Waals surface area contributed by atoms with Crippen molar-refractivity contribution in [3.63, 3.8) is 0 Å². The largest absolute Gasteiger partial charge is 0.353 e. The number of hydrogen-bond acceptors (Lipinski definition) is 4. The lowest BCUT2D eigenvalue weighted by Crippen LogP contribution is -2.45. The van der Waals surface area contributed by atoms with Gasteiger partial charge in [0, 0.05) is 38.4 Å². The molecule has 1 aromatic rings. The molecule has 114 valence electrons. The van der Waals surface area contributed by atoms with E-state index in [1.807, 2.05) is 12.1 Å². The summed E-state index contributed by atoms with van der Waals surface area (Å²) in [7, 11) is 2.13. The zero-order valence-corrected chi connectivity index (χ0v) is 12.7. The molecule has 0 spiro atoms. The van der Waals surface area contributed by atoms with E-state index in [9.17, 15) is 4.79 Å². The summed E-state index contributed by atoms with van der Waals surface area (Å²) < 4.78 is 0. The van der Waals surface area contributed by atoms with Crippen LogP contribution in [0, 0.1) is 0 Å². The Balaban J connectivity index is 1.73. The predicted molar refractivity (Wildman–Crippen MR) is 83.7 cm³/mol. The Morgan fingerprint density at radius 1 is 1.24 bits per heavy atom. The minimum Gasteiger partial charge on any atom is -0.353 e. The standard InChI is InChI=1S/C16H24N4O/c1-19-9-11-20(12-10-19)15-14(7-4-8-17-15)16(21)18-13-5-2-3-6-13/h4,7-8,13H,2-3,5-6,9-12H2,1H3,(H,18,21). The number of aromatic nitrogens is 1. The second-order valence-corrected chi connectivity index (χ2v) is 6.12. The first-order chi connectivity index (χ1) is 10.2. The minimum absolute atomic E-state index is 0.0314. The van der Waals surface area contributed by atoms with Crippen molar-refractivity contribution in [2.24, 2.45) is 0 Å². The Morgan fingerprint density at radius 3 is 2.67 bits per heavy atom. The average Bonchev–Trinajstić information content (AvgIpc) is 3.01. The van der Waals surface area contributed by atoms with Crippen LogP contribution in [0.15, 0.2) is 18.3 Å². The van der Waals surface area contributed by atoms with Gasteiger partial charge in [0.1, 0.15) is 5.82 Å². The average molecular weight is 288 g/mol. The quantitative estimate of drug-likeness (QED) is 0.916. The van der Waals surface area contributed by atoms with E-state index in [4.69, 9.17) is 0 Å². The molecule has 5 nitrogen and oxygen atoms in total. The van der Waals surface area contributed by atoms with E-state index in [0.717, 1.165) is 44.8 Å². The first kappa shape index (κ1) is 14.3. The topological polar surface area (TPSA) is 48.5 Å². The van der Waals surface area contributed by atoms with E-state index < -0.39 is 0 Å². The van der Waals surface area contributed by atoms with Crippen molar-refractivity contribution in [1.82, 2.24) is 15.2 Å². The van der Waals surface area contributed by atoms with Crippen molar-refractivity contribution < 1.29 is 4.79 Å². The van der Waals surface area contributed by atoms with E-state index in [0.29, 0.717) is 11.6 Å². The molecule has 1 saturated heterocycles. The normalized spacial score (nSPS) is 20.7. The molecular weight excluding hydrogens is 264 g/mol. The third kappa shape index (κ3) is 3.35. The molecule has 1 aromatic heterocycles. The summed E-state index contributed by atoms with van der Waals surface area (Å²) in [5.41, 5.74) is 0.717. The van der Waals surface area contributed by atoms with Gasteiger partial charge < -0.3 is 15.1 Å². The number of carbonyl (C=O) groups is 1. The highest BCUT2D eigenvalue weighted by Gasteiger charge is 2.23. The molecule has 0 atom stereocenters. The van der Waals surface area contributed by atoms with Gasteiger partial charge in [0.25, 0.3) is 5.91 Å². The van der Waals surface area contributed by atoms with Crippen LogP contribution in [0.5, 0.6) is 0 Å². The van der Waals surface area contributed by atoms with Crippen molar-refractivity contribution in [2.75, 3.05) is 38.1 Å². The smallest absolute Gasteiger partial charge is 0.255 e. The van der Waals surface area contributed by atoms with Crippen LogP contribution in [0.3, 0.4) is 0 Å².